The van der Waals surface area contributed by atoms with E-state index in [0.29, 0.717) is 5.92 Å². The van der Waals surface area contributed by atoms with E-state index in [1.165, 1.54) is 11.8 Å². The Kier molecular flexibility index (Phi) is 6.61. The van der Waals surface area contributed by atoms with E-state index in [0.717, 1.165) is 78.2 Å². The molecule has 162 valence electrons. The molecule has 1 aromatic rings. The molecule has 7 heteroatoms. The highest BCUT2D eigenvalue weighted by Crippen LogP contribution is 2.40. The summed E-state index contributed by atoms with van der Waals surface area (Å²) in [7, 11) is -3.21. The van der Waals surface area contributed by atoms with Gasteiger partial charge in [-0.05, 0) is 50.3 Å². The Hall–Kier alpha value is -0.990. The van der Waals surface area contributed by atoms with Gasteiger partial charge in [-0.2, -0.15) is 0 Å². The highest BCUT2D eigenvalue weighted by Gasteiger charge is 2.48. The van der Waals surface area contributed by atoms with Crippen LogP contribution in [-0.4, -0.2) is 76.5 Å². The molecule has 3 saturated heterocycles. The van der Waals surface area contributed by atoms with Crippen LogP contribution in [0, 0.1) is 11.3 Å². The van der Waals surface area contributed by atoms with E-state index in [-0.39, 0.29) is 11.5 Å². The molecule has 0 radical (unpaired) electrons. The summed E-state index contributed by atoms with van der Waals surface area (Å²) in [6.45, 7) is 7.78. The lowest BCUT2D eigenvalue weighted by atomic mass is 9.75. The van der Waals surface area contributed by atoms with Crippen LogP contribution in [0.3, 0.4) is 0 Å². The van der Waals surface area contributed by atoms with Gasteiger partial charge in [-0.15, -0.1) is 0 Å². The average molecular weight is 422 g/mol. The Morgan fingerprint density at radius 1 is 1.07 bits per heavy atom. The molecule has 0 amide bonds. The molecular formula is C22H35N3O3S. The summed E-state index contributed by atoms with van der Waals surface area (Å²) in [5.74, 6) is 0.710. The van der Waals surface area contributed by atoms with E-state index < -0.39 is 10.0 Å². The molecule has 3 aliphatic rings. The van der Waals surface area contributed by atoms with Crippen LogP contribution in [0.1, 0.15) is 31.2 Å². The topological polar surface area (TPSA) is 61.9 Å². The van der Waals surface area contributed by atoms with E-state index >= 15 is 0 Å². The van der Waals surface area contributed by atoms with Crippen LogP contribution in [0.2, 0.25) is 0 Å². The molecule has 1 aromatic carbocycles. The number of likely N-dealkylation sites (tertiary alicyclic amines) is 2. The summed E-state index contributed by atoms with van der Waals surface area (Å²) in [5, 5.41) is 0. The third-order valence-corrected chi connectivity index (χ3v) is 7.65. The van der Waals surface area contributed by atoms with Crippen molar-refractivity contribution < 1.29 is 13.2 Å². The lowest BCUT2D eigenvalue weighted by Gasteiger charge is -2.47. The molecule has 3 fully saturated rings. The molecule has 2 atom stereocenters. The molecule has 3 aliphatic heterocycles. The predicted octanol–water partition coefficient (Wildman–Crippen LogP) is 1.93. The van der Waals surface area contributed by atoms with E-state index in [1.807, 2.05) is 0 Å². The summed E-state index contributed by atoms with van der Waals surface area (Å²) in [5.41, 5.74) is 1.33. The number of nitrogens with one attached hydrogen (secondary N) is 1. The summed E-state index contributed by atoms with van der Waals surface area (Å²) in [6, 6.07) is 10.6. The highest BCUT2D eigenvalue weighted by molar-refractivity contribution is 7.88. The van der Waals surface area contributed by atoms with Gasteiger partial charge in [-0.1, -0.05) is 30.3 Å². The molecule has 3 heterocycles. The normalized spacial score (nSPS) is 30.2. The molecular weight excluding hydrogens is 386 g/mol. The smallest absolute Gasteiger partial charge is 0.208 e. The van der Waals surface area contributed by atoms with Gasteiger partial charge in [-0.25, -0.2) is 13.1 Å². The Balaban J connectivity index is 1.45. The molecule has 1 spiro atoms. The van der Waals surface area contributed by atoms with Crippen molar-refractivity contribution in [1.29, 1.82) is 0 Å². The second kappa shape index (κ2) is 9.02. The molecule has 0 saturated carbocycles. The van der Waals surface area contributed by atoms with Gasteiger partial charge in [0.05, 0.1) is 6.26 Å². The maximum atomic E-state index is 12.1. The van der Waals surface area contributed by atoms with Gasteiger partial charge in [0.1, 0.15) is 0 Å². The third-order valence-electron chi connectivity index (χ3n) is 6.94. The van der Waals surface area contributed by atoms with Gasteiger partial charge in [0.2, 0.25) is 10.0 Å². The Morgan fingerprint density at radius 2 is 1.79 bits per heavy atom. The Bertz CT molecular complexity index is 767. The number of rotatable bonds is 6. The number of sulfonamides is 1. The van der Waals surface area contributed by atoms with Gasteiger partial charge in [0.25, 0.3) is 0 Å². The molecule has 1 N–H and O–H groups in total. The highest BCUT2D eigenvalue weighted by atomic mass is 32.2. The third kappa shape index (κ3) is 5.58. The SMILES string of the molecule is CS(=O)(=O)N[C@@H]1CCN(CC2CCOCC2)C[C@]12CCN(Cc1ccccc1)C2. The minimum Gasteiger partial charge on any atom is -0.381 e. The zero-order valence-electron chi connectivity index (χ0n) is 17.6. The number of piperidine rings is 1. The van der Waals surface area contributed by atoms with Crippen molar-refractivity contribution in [1.82, 2.24) is 14.5 Å². The zero-order valence-corrected chi connectivity index (χ0v) is 18.4. The number of hydrogen-bond acceptors (Lipinski definition) is 5. The first-order valence-corrected chi connectivity index (χ1v) is 12.8. The fraction of sp³-hybridized carbons (Fsp3) is 0.727. The summed E-state index contributed by atoms with van der Waals surface area (Å²) in [4.78, 5) is 5.10. The van der Waals surface area contributed by atoms with Crippen molar-refractivity contribution in [3.8, 4) is 0 Å². The number of nitrogens with zero attached hydrogens (tertiary/aromatic N) is 2. The van der Waals surface area contributed by atoms with Crippen LogP contribution in [-0.2, 0) is 21.3 Å². The second-order valence-corrected chi connectivity index (χ2v) is 11.1. The first-order chi connectivity index (χ1) is 13.9. The molecule has 0 aliphatic carbocycles. The summed E-state index contributed by atoms with van der Waals surface area (Å²) < 4.78 is 32.6. The van der Waals surface area contributed by atoms with Crippen LogP contribution in [0.4, 0.5) is 0 Å². The van der Waals surface area contributed by atoms with Crippen molar-refractivity contribution >= 4 is 10.0 Å². The van der Waals surface area contributed by atoms with Crippen molar-refractivity contribution in [2.24, 2.45) is 11.3 Å². The van der Waals surface area contributed by atoms with Crippen molar-refractivity contribution in [2.75, 3.05) is 52.2 Å². The molecule has 0 unspecified atom stereocenters. The van der Waals surface area contributed by atoms with E-state index in [9.17, 15) is 8.42 Å². The van der Waals surface area contributed by atoms with Crippen LogP contribution >= 0.6 is 0 Å². The minimum atomic E-state index is -3.21. The van der Waals surface area contributed by atoms with Gasteiger partial charge in [0.15, 0.2) is 0 Å². The zero-order chi connectivity index (χ0) is 20.3. The maximum absolute atomic E-state index is 12.1. The van der Waals surface area contributed by atoms with E-state index in [1.54, 1.807) is 0 Å². The fourth-order valence-corrected chi connectivity index (χ4v) is 6.40. The van der Waals surface area contributed by atoms with Crippen LogP contribution in [0.5, 0.6) is 0 Å². The lowest BCUT2D eigenvalue weighted by molar-refractivity contribution is 0.0215. The summed E-state index contributed by atoms with van der Waals surface area (Å²) in [6.07, 6.45) is 5.54. The minimum absolute atomic E-state index is 0.00127. The Labute approximate surface area is 175 Å². The second-order valence-electron chi connectivity index (χ2n) is 9.33. The molecule has 4 rings (SSSR count). The van der Waals surface area contributed by atoms with Crippen molar-refractivity contribution in [2.45, 2.75) is 38.3 Å². The standard InChI is InChI=1S/C22H35N3O3S/c1-29(26,27)23-21-7-11-24(16-20-8-13-28-14-9-20)17-22(21)10-12-25(18-22)15-19-5-3-2-4-6-19/h2-6,20-21,23H,7-18H2,1H3/t21-,22+/m1/s1. The quantitative estimate of drug-likeness (QED) is 0.761. The van der Waals surface area contributed by atoms with E-state index in [2.05, 4.69) is 44.9 Å². The number of benzene rings is 1. The summed E-state index contributed by atoms with van der Waals surface area (Å²) >= 11 is 0. The van der Waals surface area contributed by atoms with Crippen molar-refractivity contribution in [3.63, 3.8) is 0 Å². The predicted molar refractivity (Wildman–Crippen MR) is 115 cm³/mol. The molecule has 0 bridgehead atoms. The Morgan fingerprint density at radius 3 is 2.52 bits per heavy atom. The molecule has 29 heavy (non-hydrogen) atoms. The largest absolute Gasteiger partial charge is 0.381 e. The maximum Gasteiger partial charge on any atom is 0.208 e. The fourth-order valence-electron chi connectivity index (χ4n) is 5.52. The van der Waals surface area contributed by atoms with Gasteiger partial charge < -0.3 is 9.64 Å². The van der Waals surface area contributed by atoms with Gasteiger partial charge in [0, 0.05) is 50.8 Å². The van der Waals surface area contributed by atoms with Crippen LogP contribution < -0.4 is 4.72 Å². The molecule has 0 aromatic heterocycles. The number of ether oxygens (including phenoxy) is 1. The monoisotopic (exact) mass is 421 g/mol. The van der Waals surface area contributed by atoms with E-state index in [4.69, 9.17) is 4.74 Å². The lowest BCUT2D eigenvalue weighted by Crippen LogP contribution is -2.59. The first kappa shape index (κ1) is 21.2. The van der Waals surface area contributed by atoms with Crippen LogP contribution in [0.15, 0.2) is 30.3 Å². The average Bonchev–Trinajstić information content (AvgIpc) is 3.08. The molecule has 6 nitrogen and oxygen atoms in total. The van der Waals surface area contributed by atoms with Gasteiger partial charge >= 0.3 is 0 Å². The first-order valence-electron chi connectivity index (χ1n) is 11.0. The number of hydrogen-bond donors (Lipinski definition) is 1. The van der Waals surface area contributed by atoms with Crippen LogP contribution in [0.25, 0.3) is 0 Å². The van der Waals surface area contributed by atoms with Crippen molar-refractivity contribution in [3.05, 3.63) is 35.9 Å². The van der Waals surface area contributed by atoms with Gasteiger partial charge in [-0.3, -0.25) is 4.90 Å².